The number of nitrogens with zero attached hydrogens (tertiary/aromatic N) is 4. The monoisotopic (exact) mass is 440 g/mol. The van der Waals surface area contributed by atoms with Gasteiger partial charge in [0.05, 0.1) is 28.5 Å². The van der Waals surface area contributed by atoms with Gasteiger partial charge in [-0.05, 0) is 56.3 Å². The molecule has 0 saturated carbocycles. The molecule has 31 heavy (non-hydrogen) atoms. The van der Waals surface area contributed by atoms with Crippen LogP contribution in [0.3, 0.4) is 0 Å². The van der Waals surface area contributed by atoms with E-state index in [0.29, 0.717) is 40.8 Å². The van der Waals surface area contributed by atoms with Gasteiger partial charge < -0.3 is 9.64 Å². The molecule has 0 aliphatic carbocycles. The minimum Gasteiger partial charge on any atom is -0.372 e. The Morgan fingerprint density at radius 3 is 2.29 bits per heavy atom. The SMILES string of the molecule is CC1CN(C(=O)c2cc(-c3ccc([N+](=O)[O-])cc3)nn2-c2ccc(Cl)cc2)CC(C)O1. The number of ether oxygens (including phenoxy) is 1. The Bertz CT molecular complexity index is 1100. The van der Waals surface area contributed by atoms with Gasteiger partial charge in [0.1, 0.15) is 5.69 Å². The first-order valence-corrected chi connectivity index (χ1v) is 10.2. The molecule has 3 aromatic rings. The molecule has 1 saturated heterocycles. The maximum Gasteiger partial charge on any atom is 0.272 e. The second kappa shape index (κ2) is 8.49. The molecular formula is C22H21ClN4O4. The topological polar surface area (TPSA) is 90.5 Å². The summed E-state index contributed by atoms with van der Waals surface area (Å²) in [6, 6.07) is 14.8. The summed E-state index contributed by atoms with van der Waals surface area (Å²) in [6.07, 6.45) is -0.123. The number of carbonyl (C=O) groups is 1. The van der Waals surface area contributed by atoms with E-state index in [4.69, 9.17) is 16.3 Å². The van der Waals surface area contributed by atoms with E-state index in [2.05, 4.69) is 5.10 Å². The van der Waals surface area contributed by atoms with Gasteiger partial charge in [0.2, 0.25) is 0 Å². The number of halogens is 1. The van der Waals surface area contributed by atoms with Crippen molar-refractivity contribution in [2.24, 2.45) is 0 Å². The Morgan fingerprint density at radius 1 is 1.10 bits per heavy atom. The summed E-state index contributed by atoms with van der Waals surface area (Å²) in [5.41, 5.74) is 2.30. The highest BCUT2D eigenvalue weighted by atomic mass is 35.5. The minimum atomic E-state index is -0.453. The predicted molar refractivity (Wildman–Crippen MR) is 117 cm³/mol. The summed E-state index contributed by atoms with van der Waals surface area (Å²) < 4.78 is 7.33. The lowest BCUT2D eigenvalue weighted by molar-refractivity contribution is -0.384. The molecule has 2 aromatic carbocycles. The summed E-state index contributed by atoms with van der Waals surface area (Å²) in [5, 5.41) is 16.2. The lowest BCUT2D eigenvalue weighted by atomic mass is 10.1. The summed E-state index contributed by atoms with van der Waals surface area (Å²) in [4.78, 5) is 25.7. The van der Waals surface area contributed by atoms with E-state index in [1.54, 1.807) is 52.0 Å². The Hall–Kier alpha value is -3.23. The van der Waals surface area contributed by atoms with Crippen molar-refractivity contribution in [1.82, 2.24) is 14.7 Å². The first kappa shape index (κ1) is 21.0. The summed E-state index contributed by atoms with van der Waals surface area (Å²) in [6.45, 7) is 4.85. The number of hydrogen-bond donors (Lipinski definition) is 0. The molecule has 1 aromatic heterocycles. The summed E-state index contributed by atoms with van der Waals surface area (Å²) in [5.74, 6) is -0.155. The third-order valence-electron chi connectivity index (χ3n) is 5.08. The quantitative estimate of drug-likeness (QED) is 0.444. The highest BCUT2D eigenvalue weighted by Crippen LogP contribution is 2.26. The van der Waals surface area contributed by atoms with Gasteiger partial charge in [0, 0.05) is 35.8 Å². The fourth-order valence-corrected chi connectivity index (χ4v) is 3.84. The van der Waals surface area contributed by atoms with Crippen LogP contribution in [0.25, 0.3) is 16.9 Å². The Kier molecular flexibility index (Phi) is 5.75. The molecule has 1 amide bonds. The molecule has 2 heterocycles. The molecular weight excluding hydrogens is 420 g/mol. The lowest BCUT2D eigenvalue weighted by Gasteiger charge is -2.35. The molecule has 0 radical (unpaired) electrons. The highest BCUT2D eigenvalue weighted by molar-refractivity contribution is 6.30. The number of rotatable bonds is 4. The predicted octanol–water partition coefficient (Wildman–Crippen LogP) is 4.35. The average Bonchev–Trinajstić information content (AvgIpc) is 3.18. The molecule has 160 valence electrons. The van der Waals surface area contributed by atoms with Crippen molar-refractivity contribution in [2.75, 3.05) is 13.1 Å². The maximum absolute atomic E-state index is 13.4. The summed E-state index contributed by atoms with van der Waals surface area (Å²) in [7, 11) is 0. The number of amides is 1. The minimum absolute atomic E-state index is 0.00604. The van der Waals surface area contributed by atoms with Crippen LogP contribution in [0.2, 0.25) is 5.02 Å². The molecule has 0 N–H and O–H groups in total. The van der Waals surface area contributed by atoms with Crippen LogP contribution in [-0.2, 0) is 4.74 Å². The van der Waals surface area contributed by atoms with E-state index in [1.807, 2.05) is 13.8 Å². The molecule has 9 heteroatoms. The van der Waals surface area contributed by atoms with Crippen molar-refractivity contribution >= 4 is 23.2 Å². The van der Waals surface area contributed by atoms with Gasteiger partial charge in [-0.2, -0.15) is 5.10 Å². The number of non-ortho nitro benzene ring substituents is 1. The zero-order valence-electron chi connectivity index (χ0n) is 17.1. The van der Waals surface area contributed by atoms with E-state index in [9.17, 15) is 14.9 Å². The number of morpholine rings is 1. The van der Waals surface area contributed by atoms with Gasteiger partial charge >= 0.3 is 0 Å². The standard InChI is InChI=1S/C22H21ClN4O4/c1-14-12-25(13-15(2)31-14)22(28)21-11-20(16-3-7-19(8-4-16)27(29)30)24-26(21)18-9-5-17(23)6-10-18/h3-11,14-15H,12-13H2,1-2H3. The van der Waals surface area contributed by atoms with Crippen LogP contribution in [0.15, 0.2) is 54.6 Å². The molecule has 1 aliphatic rings. The number of carbonyl (C=O) groups excluding carboxylic acids is 1. The second-order valence-corrected chi connectivity index (χ2v) is 8.01. The van der Waals surface area contributed by atoms with E-state index < -0.39 is 4.92 Å². The van der Waals surface area contributed by atoms with Crippen molar-refractivity contribution in [3.05, 3.63) is 75.4 Å². The number of benzene rings is 2. The molecule has 8 nitrogen and oxygen atoms in total. The Balaban J connectivity index is 1.76. The zero-order chi connectivity index (χ0) is 22.1. The van der Waals surface area contributed by atoms with Crippen LogP contribution in [0, 0.1) is 10.1 Å². The maximum atomic E-state index is 13.4. The third kappa shape index (κ3) is 4.45. The van der Waals surface area contributed by atoms with Crippen LogP contribution in [-0.4, -0.2) is 50.8 Å². The summed E-state index contributed by atoms with van der Waals surface area (Å²) >= 11 is 6.02. The van der Waals surface area contributed by atoms with Crippen molar-refractivity contribution in [3.8, 4) is 16.9 Å². The first-order valence-electron chi connectivity index (χ1n) is 9.87. The van der Waals surface area contributed by atoms with Crippen LogP contribution in [0.1, 0.15) is 24.3 Å². The van der Waals surface area contributed by atoms with Gasteiger partial charge in [-0.15, -0.1) is 0 Å². The van der Waals surface area contributed by atoms with Crippen LogP contribution < -0.4 is 0 Å². The number of hydrogen-bond acceptors (Lipinski definition) is 5. The van der Waals surface area contributed by atoms with Crippen molar-refractivity contribution in [1.29, 1.82) is 0 Å². The lowest BCUT2D eigenvalue weighted by Crippen LogP contribution is -2.48. The van der Waals surface area contributed by atoms with Gasteiger partial charge in [-0.3, -0.25) is 14.9 Å². The normalized spacial score (nSPS) is 18.7. The van der Waals surface area contributed by atoms with Crippen LogP contribution in [0.5, 0.6) is 0 Å². The van der Waals surface area contributed by atoms with Crippen molar-refractivity contribution in [2.45, 2.75) is 26.1 Å². The second-order valence-electron chi connectivity index (χ2n) is 7.57. The first-order chi connectivity index (χ1) is 14.8. The molecule has 1 aliphatic heterocycles. The molecule has 2 unspecified atom stereocenters. The fraction of sp³-hybridized carbons (Fsp3) is 0.273. The van der Waals surface area contributed by atoms with Crippen molar-refractivity contribution in [3.63, 3.8) is 0 Å². The number of nitro groups is 1. The largest absolute Gasteiger partial charge is 0.372 e. The average molecular weight is 441 g/mol. The van der Waals surface area contributed by atoms with Crippen LogP contribution >= 0.6 is 11.6 Å². The van der Waals surface area contributed by atoms with E-state index in [0.717, 1.165) is 0 Å². The molecule has 1 fully saturated rings. The van der Waals surface area contributed by atoms with E-state index in [1.165, 1.54) is 12.1 Å². The smallest absolute Gasteiger partial charge is 0.272 e. The zero-order valence-corrected chi connectivity index (χ0v) is 17.8. The van der Waals surface area contributed by atoms with Gasteiger partial charge in [-0.1, -0.05) is 11.6 Å². The fourth-order valence-electron chi connectivity index (χ4n) is 3.71. The Labute approximate surface area is 184 Å². The van der Waals surface area contributed by atoms with Gasteiger partial charge in [0.15, 0.2) is 0 Å². The van der Waals surface area contributed by atoms with Crippen LogP contribution in [0.4, 0.5) is 5.69 Å². The number of nitro benzene ring substituents is 1. The third-order valence-corrected chi connectivity index (χ3v) is 5.33. The molecule has 0 spiro atoms. The Morgan fingerprint density at radius 2 is 1.71 bits per heavy atom. The molecule has 4 rings (SSSR count). The van der Waals surface area contributed by atoms with Gasteiger partial charge in [-0.25, -0.2) is 4.68 Å². The van der Waals surface area contributed by atoms with E-state index in [-0.39, 0.29) is 23.8 Å². The van der Waals surface area contributed by atoms with Crippen molar-refractivity contribution < 1.29 is 14.5 Å². The van der Waals surface area contributed by atoms with E-state index >= 15 is 0 Å². The van der Waals surface area contributed by atoms with Gasteiger partial charge in [0.25, 0.3) is 11.6 Å². The molecule has 0 bridgehead atoms. The highest BCUT2D eigenvalue weighted by Gasteiger charge is 2.29. The number of aromatic nitrogens is 2. The molecule has 2 atom stereocenters.